The highest BCUT2D eigenvalue weighted by Gasteiger charge is 2.15. The van der Waals surface area contributed by atoms with Gasteiger partial charge in [-0.15, -0.1) is 0 Å². The van der Waals surface area contributed by atoms with E-state index in [9.17, 15) is 14.4 Å². The Labute approximate surface area is 156 Å². The molecule has 0 spiro atoms. The van der Waals surface area contributed by atoms with Crippen LogP contribution in [0.5, 0.6) is 0 Å². The molecule has 0 aliphatic heterocycles. The summed E-state index contributed by atoms with van der Waals surface area (Å²) in [5.74, 6) is -0.788. The van der Waals surface area contributed by atoms with Crippen LogP contribution < -0.4 is 16.2 Å². The van der Waals surface area contributed by atoms with Gasteiger partial charge < -0.3 is 15.2 Å². The number of carbonyl (C=O) groups is 2. The van der Waals surface area contributed by atoms with Crippen LogP contribution in [0.4, 0.5) is 11.4 Å². The van der Waals surface area contributed by atoms with Crippen molar-refractivity contribution in [2.75, 3.05) is 10.6 Å². The summed E-state index contributed by atoms with van der Waals surface area (Å²) in [7, 11) is 1.61. The van der Waals surface area contributed by atoms with Crippen molar-refractivity contribution in [3.8, 4) is 0 Å². The van der Waals surface area contributed by atoms with Crippen molar-refractivity contribution in [1.29, 1.82) is 0 Å². The number of anilines is 2. The number of aryl methyl sites for hydroxylation is 2. The summed E-state index contributed by atoms with van der Waals surface area (Å²) >= 11 is 0. The predicted octanol–water partition coefficient (Wildman–Crippen LogP) is 3.20. The largest absolute Gasteiger partial charge is 0.322 e. The Balaban J connectivity index is 1.83. The van der Waals surface area contributed by atoms with Gasteiger partial charge in [0.25, 0.3) is 17.4 Å². The van der Waals surface area contributed by atoms with Gasteiger partial charge in [-0.25, -0.2) is 0 Å². The van der Waals surface area contributed by atoms with Gasteiger partial charge in [-0.05, 0) is 42.8 Å². The molecule has 1 aromatic heterocycles. The zero-order chi connectivity index (χ0) is 19.4. The van der Waals surface area contributed by atoms with Gasteiger partial charge in [0.05, 0.1) is 11.3 Å². The lowest BCUT2D eigenvalue weighted by atomic mass is 10.1. The minimum Gasteiger partial charge on any atom is -0.322 e. The number of nitrogens with zero attached hydrogens (tertiary/aromatic N) is 1. The third-order valence-electron chi connectivity index (χ3n) is 4.06. The molecule has 6 heteroatoms. The summed E-state index contributed by atoms with van der Waals surface area (Å²) in [5.41, 5.74) is 2.34. The smallest absolute Gasteiger partial charge is 0.257 e. The van der Waals surface area contributed by atoms with E-state index in [-0.39, 0.29) is 17.0 Å². The number of para-hydroxylation sites is 1. The summed E-state index contributed by atoms with van der Waals surface area (Å²) in [6, 6.07) is 17.0. The molecule has 0 bridgehead atoms. The highest BCUT2D eigenvalue weighted by atomic mass is 16.2. The number of rotatable bonds is 4. The standard InChI is InChI=1S/C21H19N3O3/c1-14-6-5-7-16(12-14)22-21(27)17-8-3-4-9-18(17)23-20(26)15-10-11-24(2)19(25)13-15/h3-13H,1-2H3,(H,22,27)(H,23,26). The van der Waals surface area contributed by atoms with Gasteiger partial charge in [-0.1, -0.05) is 24.3 Å². The van der Waals surface area contributed by atoms with Gasteiger partial charge in [-0.3, -0.25) is 14.4 Å². The molecular weight excluding hydrogens is 342 g/mol. The summed E-state index contributed by atoms with van der Waals surface area (Å²) in [6.07, 6.45) is 1.52. The Morgan fingerprint density at radius 2 is 1.67 bits per heavy atom. The molecule has 3 rings (SSSR count). The summed E-state index contributed by atoms with van der Waals surface area (Å²) in [6.45, 7) is 1.94. The van der Waals surface area contributed by atoms with Crippen LogP contribution in [-0.4, -0.2) is 16.4 Å². The quantitative estimate of drug-likeness (QED) is 0.749. The molecule has 1 heterocycles. The lowest BCUT2D eigenvalue weighted by Crippen LogP contribution is -2.21. The van der Waals surface area contributed by atoms with Crippen LogP contribution in [0, 0.1) is 6.92 Å². The van der Waals surface area contributed by atoms with Gasteiger partial charge in [0, 0.05) is 30.6 Å². The fourth-order valence-corrected chi connectivity index (χ4v) is 2.60. The molecule has 0 unspecified atom stereocenters. The van der Waals surface area contributed by atoms with E-state index >= 15 is 0 Å². The van der Waals surface area contributed by atoms with E-state index in [1.807, 2.05) is 25.1 Å². The first-order chi connectivity index (χ1) is 12.9. The van der Waals surface area contributed by atoms with Crippen molar-refractivity contribution >= 4 is 23.2 Å². The SMILES string of the molecule is Cc1cccc(NC(=O)c2ccccc2NC(=O)c2ccn(C)c(=O)c2)c1. The Kier molecular flexibility index (Phi) is 5.17. The first-order valence-electron chi connectivity index (χ1n) is 8.39. The number of carbonyl (C=O) groups excluding carboxylic acids is 2. The minimum absolute atomic E-state index is 0.229. The molecule has 2 N–H and O–H groups in total. The topological polar surface area (TPSA) is 80.2 Å². The first-order valence-corrected chi connectivity index (χ1v) is 8.39. The molecule has 0 atom stereocenters. The second-order valence-electron chi connectivity index (χ2n) is 6.19. The number of benzene rings is 2. The fourth-order valence-electron chi connectivity index (χ4n) is 2.60. The maximum absolute atomic E-state index is 12.6. The molecule has 6 nitrogen and oxygen atoms in total. The van der Waals surface area contributed by atoms with Crippen LogP contribution >= 0.6 is 0 Å². The number of hydrogen-bond donors (Lipinski definition) is 2. The molecule has 0 saturated carbocycles. The number of aromatic nitrogens is 1. The monoisotopic (exact) mass is 361 g/mol. The minimum atomic E-state index is -0.455. The molecule has 2 amide bonds. The fraction of sp³-hybridized carbons (Fsp3) is 0.0952. The maximum atomic E-state index is 12.6. The molecule has 0 aliphatic carbocycles. The van der Waals surface area contributed by atoms with Crippen LogP contribution in [0.1, 0.15) is 26.3 Å². The zero-order valence-electron chi connectivity index (χ0n) is 15.0. The Hall–Kier alpha value is -3.67. The van der Waals surface area contributed by atoms with E-state index in [0.29, 0.717) is 16.9 Å². The number of amides is 2. The first kappa shape index (κ1) is 18.1. The van der Waals surface area contributed by atoms with Gasteiger partial charge in [-0.2, -0.15) is 0 Å². The van der Waals surface area contributed by atoms with Crippen molar-refractivity contribution in [2.45, 2.75) is 6.92 Å². The lowest BCUT2D eigenvalue weighted by molar-refractivity contribution is 0.102. The molecule has 0 fully saturated rings. The predicted molar refractivity (Wildman–Crippen MR) is 105 cm³/mol. The molecule has 2 aromatic carbocycles. The lowest BCUT2D eigenvalue weighted by Gasteiger charge is -2.12. The third kappa shape index (κ3) is 4.30. The highest BCUT2D eigenvalue weighted by molar-refractivity contribution is 6.12. The van der Waals surface area contributed by atoms with Crippen molar-refractivity contribution in [3.05, 3.63) is 93.9 Å². The Morgan fingerprint density at radius 1 is 0.889 bits per heavy atom. The molecule has 3 aromatic rings. The van der Waals surface area contributed by atoms with Crippen LogP contribution in [0.25, 0.3) is 0 Å². The number of hydrogen-bond acceptors (Lipinski definition) is 3. The summed E-state index contributed by atoms with van der Waals surface area (Å²) in [4.78, 5) is 36.8. The van der Waals surface area contributed by atoms with Crippen LogP contribution in [0.3, 0.4) is 0 Å². The van der Waals surface area contributed by atoms with E-state index in [1.165, 1.54) is 16.8 Å². The van der Waals surface area contributed by atoms with Crippen molar-refractivity contribution in [1.82, 2.24) is 4.57 Å². The average Bonchev–Trinajstić information content (AvgIpc) is 2.64. The summed E-state index contributed by atoms with van der Waals surface area (Å²) in [5, 5.41) is 5.53. The molecule has 0 saturated heterocycles. The number of pyridine rings is 1. The zero-order valence-corrected chi connectivity index (χ0v) is 15.0. The van der Waals surface area contributed by atoms with Gasteiger partial charge in [0.15, 0.2) is 0 Å². The molecule has 27 heavy (non-hydrogen) atoms. The van der Waals surface area contributed by atoms with E-state index in [4.69, 9.17) is 0 Å². The number of nitrogens with one attached hydrogen (secondary N) is 2. The van der Waals surface area contributed by atoms with Gasteiger partial charge in [0.1, 0.15) is 0 Å². The second kappa shape index (κ2) is 7.70. The molecule has 0 aliphatic rings. The normalized spacial score (nSPS) is 10.3. The van der Waals surface area contributed by atoms with E-state index in [1.54, 1.807) is 43.4 Å². The third-order valence-corrected chi connectivity index (χ3v) is 4.06. The molecular formula is C21H19N3O3. The molecule has 0 radical (unpaired) electrons. The van der Waals surface area contributed by atoms with E-state index in [0.717, 1.165) is 5.56 Å². The van der Waals surface area contributed by atoms with Crippen molar-refractivity contribution in [2.24, 2.45) is 7.05 Å². The van der Waals surface area contributed by atoms with Crippen LogP contribution in [0.2, 0.25) is 0 Å². The Morgan fingerprint density at radius 3 is 2.41 bits per heavy atom. The van der Waals surface area contributed by atoms with Crippen LogP contribution in [0.15, 0.2) is 71.7 Å². The van der Waals surface area contributed by atoms with Gasteiger partial charge in [0.2, 0.25) is 0 Å². The maximum Gasteiger partial charge on any atom is 0.257 e. The van der Waals surface area contributed by atoms with Crippen LogP contribution in [-0.2, 0) is 7.05 Å². The van der Waals surface area contributed by atoms with E-state index < -0.39 is 5.91 Å². The van der Waals surface area contributed by atoms with E-state index in [2.05, 4.69) is 10.6 Å². The summed E-state index contributed by atoms with van der Waals surface area (Å²) < 4.78 is 1.38. The second-order valence-corrected chi connectivity index (χ2v) is 6.19. The van der Waals surface area contributed by atoms with Gasteiger partial charge >= 0.3 is 0 Å². The Bertz CT molecular complexity index is 1070. The van der Waals surface area contributed by atoms with Crippen molar-refractivity contribution in [3.63, 3.8) is 0 Å². The average molecular weight is 361 g/mol. The van der Waals surface area contributed by atoms with Crippen molar-refractivity contribution < 1.29 is 9.59 Å². The molecule has 136 valence electrons. The highest BCUT2D eigenvalue weighted by Crippen LogP contribution is 2.19.